The molecule has 1 aliphatic carbocycles. The Hall–Kier alpha value is -1.46. The van der Waals surface area contributed by atoms with Gasteiger partial charge in [0.2, 0.25) is 0 Å². The van der Waals surface area contributed by atoms with Crippen LogP contribution in [0.5, 0.6) is 0 Å². The molecule has 0 saturated heterocycles. The highest BCUT2D eigenvalue weighted by Gasteiger charge is 2.63. The van der Waals surface area contributed by atoms with Crippen molar-refractivity contribution >= 4 is 11.5 Å². The van der Waals surface area contributed by atoms with E-state index in [1.807, 2.05) is 6.92 Å². The lowest BCUT2D eigenvalue weighted by atomic mass is 10.2. The standard InChI is InChI=1S/C12H16F3N3/c1-2-6-16-10-8-9(3-7-17-10)18-11(4-5-11)12(13,14)15/h3,7-8H,2,4-6H2,1H3,(H2,16,17,18). The van der Waals surface area contributed by atoms with Crippen LogP contribution in [0, 0.1) is 0 Å². The Morgan fingerprint density at radius 2 is 2.11 bits per heavy atom. The third-order valence-electron chi connectivity index (χ3n) is 2.99. The smallest absolute Gasteiger partial charge is 0.371 e. The van der Waals surface area contributed by atoms with Crippen LogP contribution in [0.25, 0.3) is 0 Å². The molecular weight excluding hydrogens is 243 g/mol. The number of aromatic nitrogens is 1. The Morgan fingerprint density at radius 1 is 1.39 bits per heavy atom. The van der Waals surface area contributed by atoms with Crippen molar-refractivity contribution in [1.82, 2.24) is 4.98 Å². The van der Waals surface area contributed by atoms with E-state index < -0.39 is 11.7 Å². The summed E-state index contributed by atoms with van der Waals surface area (Å²) in [4.78, 5) is 4.06. The van der Waals surface area contributed by atoms with Gasteiger partial charge < -0.3 is 10.6 Å². The molecule has 0 aliphatic heterocycles. The third-order valence-corrected chi connectivity index (χ3v) is 2.99. The molecule has 0 bridgehead atoms. The van der Waals surface area contributed by atoms with Gasteiger partial charge in [-0.1, -0.05) is 6.92 Å². The van der Waals surface area contributed by atoms with Gasteiger partial charge in [-0.3, -0.25) is 0 Å². The maximum absolute atomic E-state index is 12.8. The summed E-state index contributed by atoms with van der Waals surface area (Å²) >= 11 is 0. The number of halogens is 3. The molecule has 100 valence electrons. The minimum Gasteiger partial charge on any atom is -0.371 e. The van der Waals surface area contributed by atoms with Crippen LogP contribution in [0.4, 0.5) is 24.7 Å². The van der Waals surface area contributed by atoms with Gasteiger partial charge >= 0.3 is 6.18 Å². The van der Waals surface area contributed by atoms with Crippen LogP contribution < -0.4 is 10.6 Å². The number of pyridine rings is 1. The highest BCUT2D eigenvalue weighted by molar-refractivity contribution is 5.54. The molecule has 1 aromatic heterocycles. The molecule has 1 saturated carbocycles. The van der Waals surface area contributed by atoms with Crippen LogP contribution in [-0.2, 0) is 0 Å². The molecule has 18 heavy (non-hydrogen) atoms. The fourth-order valence-electron chi connectivity index (χ4n) is 1.74. The minimum absolute atomic E-state index is 0.135. The number of nitrogens with zero attached hydrogens (tertiary/aromatic N) is 1. The molecular formula is C12H16F3N3. The molecule has 3 nitrogen and oxygen atoms in total. The molecule has 2 N–H and O–H groups in total. The first kappa shape index (κ1) is 13.0. The summed E-state index contributed by atoms with van der Waals surface area (Å²) in [6, 6.07) is 3.17. The zero-order valence-electron chi connectivity index (χ0n) is 10.1. The maximum Gasteiger partial charge on any atom is 0.411 e. The van der Waals surface area contributed by atoms with Gasteiger partial charge in [0.05, 0.1) is 0 Å². The van der Waals surface area contributed by atoms with Gasteiger partial charge in [-0.05, 0) is 25.3 Å². The third kappa shape index (κ3) is 2.68. The number of nitrogens with one attached hydrogen (secondary N) is 2. The van der Waals surface area contributed by atoms with Crippen LogP contribution in [0.1, 0.15) is 26.2 Å². The Balaban J connectivity index is 2.06. The summed E-state index contributed by atoms with van der Waals surface area (Å²) in [6.07, 6.45) is -1.49. The molecule has 1 aliphatic rings. The van der Waals surface area contributed by atoms with Crippen LogP contribution in [0.15, 0.2) is 18.3 Å². The molecule has 1 heterocycles. The fraction of sp³-hybridized carbons (Fsp3) is 0.583. The Kier molecular flexibility index (Phi) is 3.36. The van der Waals surface area contributed by atoms with Gasteiger partial charge in [0, 0.05) is 24.5 Å². The zero-order chi connectivity index (χ0) is 13.2. The van der Waals surface area contributed by atoms with E-state index in [0.29, 0.717) is 11.5 Å². The molecule has 0 amide bonds. The first-order valence-electron chi connectivity index (χ1n) is 6.02. The number of anilines is 2. The molecule has 1 aromatic rings. The van der Waals surface area contributed by atoms with E-state index in [1.165, 1.54) is 6.20 Å². The van der Waals surface area contributed by atoms with Crippen molar-refractivity contribution in [3.63, 3.8) is 0 Å². The number of alkyl halides is 3. The van der Waals surface area contributed by atoms with Crippen LogP contribution in [0.3, 0.4) is 0 Å². The van der Waals surface area contributed by atoms with Gasteiger partial charge in [-0.2, -0.15) is 13.2 Å². The number of rotatable bonds is 5. The molecule has 0 aromatic carbocycles. The molecule has 0 unspecified atom stereocenters. The highest BCUT2D eigenvalue weighted by atomic mass is 19.4. The predicted octanol–water partition coefficient (Wildman–Crippen LogP) is 3.41. The largest absolute Gasteiger partial charge is 0.411 e. The molecule has 2 rings (SSSR count). The highest BCUT2D eigenvalue weighted by Crippen LogP contribution is 2.51. The topological polar surface area (TPSA) is 37.0 Å². The van der Waals surface area contributed by atoms with Crippen LogP contribution in [-0.4, -0.2) is 23.2 Å². The van der Waals surface area contributed by atoms with E-state index in [9.17, 15) is 13.2 Å². The molecule has 6 heteroatoms. The van der Waals surface area contributed by atoms with Gasteiger partial charge in [0.1, 0.15) is 11.4 Å². The summed E-state index contributed by atoms with van der Waals surface area (Å²) in [5.41, 5.74) is -1.27. The number of hydrogen-bond acceptors (Lipinski definition) is 3. The van der Waals surface area contributed by atoms with E-state index in [4.69, 9.17) is 0 Å². The first-order valence-corrected chi connectivity index (χ1v) is 6.02. The lowest BCUT2D eigenvalue weighted by molar-refractivity contribution is -0.151. The van der Waals surface area contributed by atoms with E-state index in [1.54, 1.807) is 12.1 Å². The Bertz CT molecular complexity index is 413. The molecule has 0 atom stereocenters. The molecule has 0 radical (unpaired) electrons. The van der Waals surface area contributed by atoms with E-state index in [2.05, 4.69) is 15.6 Å². The lowest BCUT2D eigenvalue weighted by Gasteiger charge is -2.22. The monoisotopic (exact) mass is 259 g/mol. The summed E-state index contributed by atoms with van der Waals surface area (Å²) in [7, 11) is 0. The first-order chi connectivity index (χ1) is 8.47. The van der Waals surface area contributed by atoms with Gasteiger partial charge in [0.25, 0.3) is 0 Å². The van der Waals surface area contributed by atoms with Crippen molar-refractivity contribution in [2.45, 2.75) is 37.9 Å². The van der Waals surface area contributed by atoms with Crippen molar-refractivity contribution in [2.24, 2.45) is 0 Å². The van der Waals surface area contributed by atoms with Crippen molar-refractivity contribution in [3.05, 3.63) is 18.3 Å². The maximum atomic E-state index is 12.8. The molecule has 1 fully saturated rings. The van der Waals surface area contributed by atoms with Crippen LogP contribution >= 0.6 is 0 Å². The Morgan fingerprint density at radius 3 is 2.67 bits per heavy atom. The van der Waals surface area contributed by atoms with Gasteiger partial charge in [-0.25, -0.2) is 4.98 Å². The Labute approximate surface area is 104 Å². The summed E-state index contributed by atoms with van der Waals surface area (Å²) < 4.78 is 38.4. The van der Waals surface area contributed by atoms with Crippen molar-refractivity contribution in [1.29, 1.82) is 0 Å². The summed E-state index contributed by atoms with van der Waals surface area (Å²) in [5.74, 6) is 0.597. The average molecular weight is 259 g/mol. The fourth-order valence-corrected chi connectivity index (χ4v) is 1.74. The lowest BCUT2D eigenvalue weighted by Crippen LogP contribution is -2.38. The second-order valence-corrected chi connectivity index (χ2v) is 4.56. The second-order valence-electron chi connectivity index (χ2n) is 4.56. The zero-order valence-corrected chi connectivity index (χ0v) is 10.1. The van der Waals surface area contributed by atoms with E-state index in [-0.39, 0.29) is 12.8 Å². The average Bonchev–Trinajstić information content (AvgIpc) is 3.07. The SMILES string of the molecule is CCCNc1cc(NC2(C(F)(F)F)CC2)ccn1. The quantitative estimate of drug-likeness (QED) is 0.850. The van der Waals surface area contributed by atoms with Crippen molar-refractivity contribution in [2.75, 3.05) is 17.2 Å². The van der Waals surface area contributed by atoms with E-state index in [0.717, 1.165) is 13.0 Å². The summed E-state index contributed by atoms with van der Waals surface area (Å²) in [5, 5.41) is 5.63. The number of hydrogen-bond donors (Lipinski definition) is 2. The van der Waals surface area contributed by atoms with E-state index >= 15 is 0 Å². The second kappa shape index (κ2) is 4.66. The van der Waals surface area contributed by atoms with Crippen molar-refractivity contribution < 1.29 is 13.2 Å². The molecule has 0 spiro atoms. The normalized spacial score (nSPS) is 17.3. The summed E-state index contributed by atoms with van der Waals surface area (Å²) in [6.45, 7) is 2.76. The van der Waals surface area contributed by atoms with Crippen molar-refractivity contribution in [3.8, 4) is 0 Å². The predicted molar refractivity (Wildman–Crippen MR) is 64.7 cm³/mol. The van der Waals surface area contributed by atoms with Gasteiger partial charge in [-0.15, -0.1) is 0 Å². The van der Waals surface area contributed by atoms with Crippen LogP contribution in [0.2, 0.25) is 0 Å². The van der Waals surface area contributed by atoms with Gasteiger partial charge in [0.15, 0.2) is 0 Å². The minimum atomic E-state index is -4.20.